The van der Waals surface area contributed by atoms with Crippen molar-refractivity contribution in [2.24, 2.45) is 0 Å². The van der Waals surface area contributed by atoms with Gasteiger partial charge in [0.2, 0.25) is 0 Å². The molecular formula is C19H20N2O2. The van der Waals surface area contributed by atoms with Crippen LogP contribution in [0, 0.1) is 18.3 Å². The fourth-order valence-corrected chi connectivity index (χ4v) is 2.20. The lowest BCUT2D eigenvalue weighted by atomic mass is 10.1. The number of hydrogen-bond acceptors (Lipinski definition) is 3. The van der Waals surface area contributed by atoms with Gasteiger partial charge >= 0.3 is 0 Å². The van der Waals surface area contributed by atoms with Crippen molar-refractivity contribution in [3.8, 4) is 11.8 Å². The molecule has 1 atom stereocenters. The quantitative estimate of drug-likeness (QED) is 0.881. The molecule has 0 aliphatic rings. The average molecular weight is 308 g/mol. The first-order valence-corrected chi connectivity index (χ1v) is 7.62. The highest BCUT2D eigenvalue weighted by Crippen LogP contribution is 2.17. The van der Waals surface area contributed by atoms with E-state index < -0.39 is 6.10 Å². The van der Waals surface area contributed by atoms with E-state index in [0.717, 1.165) is 11.1 Å². The zero-order valence-electron chi connectivity index (χ0n) is 13.4. The van der Waals surface area contributed by atoms with E-state index in [9.17, 15) is 4.79 Å². The van der Waals surface area contributed by atoms with Gasteiger partial charge in [0.1, 0.15) is 5.75 Å². The molecule has 2 aromatic carbocycles. The van der Waals surface area contributed by atoms with Gasteiger partial charge in [-0.25, -0.2) is 0 Å². The van der Waals surface area contributed by atoms with Gasteiger partial charge in [-0.15, -0.1) is 0 Å². The van der Waals surface area contributed by atoms with E-state index in [2.05, 4.69) is 11.4 Å². The smallest absolute Gasteiger partial charge is 0.265 e. The van der Waals surface area contributed by atoms with Crippen molar-refractivity contribution >= 4 is 11.6 Å². The summed E-state index contributed by atoms with van der Waals surface area (Å²) in [5.74, 6) is 0.512. The largest absolute Gasteiger partial charge is 0.481 e. The molecule has 0 heterocycles. The third-order valence-electron chi connectivity index (χ3n) is 3.44. The van der Waals surface area contributed by atoms with Crippen LogP contribution < -0.4 is 10.1 Å². The summed E-state index contributed by atoms with van der Waals surface area (Å²) in [5, 5.41) is 11.5. The predicted molar refractivity (Wildman–Crippen MR) is 90.3 cm³/mol. The Morgan fingerprint density at radius 2 is 2.00 bits per heavy atom. The van der Waals surface area contributed by atoms with Gasteiger partial charge in [0.15, 0.2) is 6.10 Å². The summed E-state index contributed by atoms with van der Waals surface area (Å²) in [7, 11) is 0. The summed E-state index contributed by atoms with van der Waals surface area (Å²) in [6, 6.07) is 17.0. The zero-order chi connectivity index (χ0) is 16.7. The average Bonchev–Trinajstić information content (AvgIpc) is 2.54. The number of nitrogens with one attached hydrogen (secondary N) is 1. The van der Waals surface area contributed by atoms with Crippen LogP contribution in [-0.4, -0.2) is 12.0 Å². The lowest BCUT2D eigenvalue weighted by molar-refractivity contribution is -0.122. The van der Waals surface area contributed by atoms with Gasteiger partial charge < -0.3 is 10.1 Å². The maximum atomic E-state index is 12.4. The minimum atomic E-state index is -0.546. The van der Waals surface area contributed by atoms with Gasteiger partial charge in [-0.2, -0.15) is 5.26 Å². The number of hydrogen-bond donors (Lipinski definition) is 1. The number of anilines is 1. The van der Waals surface area contributed by atoms with Crippen LogP contribution in [0.4, 0.5) is 5.69 Å². The van der Waals surface area contributed by atoms with Crippen LogP contribution in [0.25, 0.3) is 0 Å². The van der Waals surface area contributed by atoms with E-state index in [4.69, 9.17) is 10.00 Å². The van der Waals surface area contributed by atoms with Crippen molar-refractivity contribution in [1.82, 2.24) is 0 Å². The fraction of sp³-hybridized carbons (Fsp3) is 0.263. The van der Waals surface area contributed by atoms with Crippen LogP contribution in [0.5, 0.6) is 5.75 Å². The fourth-order valence-electron chi connectivity index (χ4n) is 2.20. The molecule has 23 heavy (non-hydrogen) atoms. The molecule has 0 aliphatic heterocycles. The first-order valence-electron chi connectivity index (χ1n) is 7.62. The molecule has 118 valence electrons. The molecule has 4 nitrogen and oxygen atoms in total. The zero-order valence-corrected chi connectivity index (χ0v) is 13.4. The second-order valence-electron chi connectivity index (χ2n) is 5.35. The van der Waals surface area contributed by atoms with Crippen molar-refractivity contribution < 1.29 is 9.53 Å². The van der Waals surface area contributed by atoms with E-state index in [-0.39, 0.29) is 5.91 Å². The summed E-state index contributed by atoms with van der Waals surface area (Å²) in [5.41, 5.74) is 2.71. The number of amides is 1. The van der Waals surface area contributed by atoms with E-state index in [0.29, 0.717) is 24.3 Å². The SMILES string of the molecule is CC[C@@H](Oc1cccc(C)c1)C(=O)Nc1ccc(CC#N)cc1. The normalized spacial score (nSPS) is 11.3. The molecule has 0 aromatic heterocycles. The Labute approximate surface area is 136 Å². The van der Waals surface area contributed by atoms with E-state index >= 15 is 0 Å². The van der Waals surface area contributed by atoms with Crippen LogP contribution in [0.1, 0.15) is 24.5 Å². The first-order chi connectivity index (χ1) is 11.1. The molecule has 0 unspecified atom stereocenters. The van der Waals surface area contributed by atoms with Crippen LogP contribution in [-0.2, 0) is 11.2 Å². The molecule has 0 aliphatic carbocycles. The summed E-state index contributed by atoms with van der Waals surface area (Å²) >= 11 is 0. The Morgan fingerprint density at radius 3 is 2.61 bits per heavy atom. The highest BCUT2D eigenvalue weighted by molar-refractivity contribution is 5.94. The Hall–Kier alpha value is -2.80. The summed E-state index contributed by atoms with van der Waals surface area (Å²) in [6.07, 6.45) is 0.393. The third-order valence-corrected chi connectivity index (χ3v) is 3.44. The number of nitriles is 1. The van der Waals surface area contributed by atoms with E-state index in [1.54, 1.807) is 12.1 Å². The monoisotopic (exact) mass is 308 g/mol. The Bertz CT molecular complexity index is 702. The topological polar surface area (TPSA) is 62.1 Å². The molecule has 0 saturated carbocycles. The summed E-state index contributed by atoms with van der Waals surface area (Å²) in [4.78, 5) is 12.4. The standard InChI is InChI=1S/C19H20N2O2/c1-3-18(23-17-6-4-5-14(2)13-17)19(22)21-16-9-7-15(8-10-16)11-12-20/h4-10,13,18H,3,11H2,1-2H3,(H,21,22)/t18-/m1/s1. The number of carbonyl (C=O) groups is 1. The number of rotatable bonds is 6. The number of aryl methyl sites for hydroxylation is 1. The van der Waals surface area contributed by atoms with Crippen molar-refractivity contribution in [2.75, 3.05) is 5.32 Å². The number of nitrogens with zero attached hydrogens (tertiary/aromatic N) is 1. The van der Waals surface area contributed by atoms with Crippen molar-refractivity contribution in [3.63, 3.8) is 0 Å². The van der Waals surface area contributed by atoms with Crippen LogP contribution in [0.15, 0.2) is 48.5 Å². The minimum Gasteiger partial charge on any atom is -0.481 e. The Kier molecular flexibility index (Phi) is 5.76. The van der Waals surface area contributed by atoms with Crippen LogP contribution >= 0.6 is 0 Å². The van der Waals surface area contributed by atoms with Crippen LogP contribution in [0.3, 0.4) is 0 Å². The maximum absolute atomic E-state index is 12.4. The third kappa shape index (κ3) is 4.86. The molecule has 0 fully saturated rings. The Morgan fingerprint density at radius 1 is 1.26 bits per heavy atom. The molecule has 1 amide bonds. The molecule has 0 spiro atoms. The van der Waals surface area contributed by atoms with Gasteiger partial charge in [0.05, 0.1) is 12.5 Å². The second kappa shape index (κ2) is 8.00. The van der Waals surface area contributed by atoms with Crippen molar-refractivity contribution in [3.05, 3.63) is 59.7 Å². The summed E-state index contributed by atoms with van der Waals surface area (Å²) < 4.78 is 5.79. The molecular weight excluding hydrogens is 288 g/mol. The highest BCUT2D eigenvalue weighted by Gasteiger charge is 2.18. The van der Waals surface area contributed by atoms with Gasteiger partial charge in [0.25, 0.3) is 5.91 Å². The first kappa shape index (κ1) is 16.6. The second-order valence-corrected chi connectivity index (χ2v) is 5.35. The maximum Gasteiger partial charge on any atom is 0.265 e. The lowest BCUT2D eigenvalue weighted by Gasteiger charge is -2.17. The number of benzene rings is 2. The molecule has 2 aromatic rings. The molecule has 0 radical (unpaired) electrons. The minimum absolute atomic E-state index is 0.179. The highest BCUT2D eigenvalue weighted by atomic mass is 16.5. The van der Waals surface area contributed by atoms with Crippen LogP contribution in [0.2, 0.25) is 0 Å². The molecule has 4 heteroatoms. The Balaban J connectivity index is 2.01. The van der Waals surface area contributed by atoms with Crippen molar-refractivity contribution in [1.29, 1.82) is 5.26 Å². The van der Waals surface area contributed by atoms with Gasteiger partial charge in [-0.05, 0) is 48.7 Å². The molecule has 2 rings (SSSR count). The van der Waals surface area contributed by atoms with Crippen molar-refractivity contribution in [2.45, 2.75) is 32.8 Å². The van der Waals surface area contributed by atoms with E-state index in [1.807, 2.05) is 50.2 Å². The van der Waals surface area contributed by atoms with E-state index in [1.165, 1.54) is 0 Å². The summed E-state index contributed by atoms with van der Waals surface area (Å²) in [6.45, 7) is 3.90. The van der Waals surface area contributed by atoms with Gasteiger partial charge in [-0.1, -0.05) is 31.2 Å². The lowest BCUT2D eigenvalue weighted by Crippen LogP contribution is -2.32. The van der Waals surface area contributed by atoms with Gasteiger partial charge in [0, 0.05) is 5.69 Å². The molecule has 0 saturated heterocycles. The number of ether oxygens (including phenoxy) is 1. The van der Waals surface area contributed by atoms with Gasteiger partial charge in [-0.3, -0.25) is 4.79 Å². The number of carbonyl (C=O) groups excluding carboxylic acids is 1. The predicted octanol–water partition coefficient (Wildman–Crippen LogP) is 3.86. The molecule has 1 N–H and O–H groups in total. The molecule has 0 bridgehead atoms.